The van der Waals surface area contributed by atoms with Gasteiger partial charge in [0.15, 0.2) is 0 Å². The van der Waals surface area contributed by atoms with Crippen LogP contribution in [0.3, 0.4) is 0 Å². The summed E-state index contributed by atoms with van der Waals surface area (Å²) >= 11 is 14.7. The van der Waals surface area contributed by atoms with E-state index in [4.69, 9.17) is 61.6 Å². The molecule has 0 unspecified atom stereocenters. The molecule has 0 rings (SSSR count). The molecular weight excluding hydrogens is 553 g/mol. The van der Waals surface area contributed by atoms with Gasteiger partial charge in [0, 0.05) is 32.4 Å². The predicted octanol–water partition coefficient (Wildman–Crippen LogP) is -0.730. The number of nitrogens with two attached hydrogens (primary N) is 2. The highest BCUT2D eigenvalue weighted by molar-refractivity contribution is 6.67. The van der Waals surface area contributed by atoms with Gasteiger partial charge in [0.2, 0.25) is 17.1 Å². The van der Waals surface area contributed by atoms with E-state index >= 15 is 0 Å². The molecule has 36 heavy (non-hydrogen) atoms. The Balaban J connectivity index is -0.0000000852. The van der Waals surface area contributed by atoms with Crippen LogP contribution in [0.4, 0.5) is 0 Å². The molecule has 0 saturated heterocycles. The average molecular weight is 591 g/mol. The second-order valence-electron chi connectivity index (χ2n) is 5.81. The first-order chi connectivity index (χ1) is 15.9. The largest absolute Gasteiger partial charge is 0.481 e. The minimum absolute atomic E-state index is 0. The number of carbonyl (C=O) groups is 6. The quantitative estimate of drug-likeness (QED) is 0.0705. The monoisotopic (exact) mass is 589 g/mol. The number of nitrogens with one attached hydrogen (secondary N) is 2. The van der Waals surface area contributed by atoms with E-state index in [0.29, 0.717) is 38.9 Å². The van der Waals surface area contributed by atoms with Gasteiger partial charge in [-0.25, -0.2) is 0 Å². The number of rotatable bonds is 14. The summed E-state index contributed by atoms with van der Waals surface area (Å²) in [6, 6.07) is 0. The second-order valence-corrected chi connectivity index (χ2v) is 6.76. The van der Waals surface area contributed by atoms with Crippen molar-refractivity contribution in [2.75, 3.05) is 37.9 Å². The molecular formula is C18H38Cl3N5O10. The van der Waals surface area contributed by atoms with Crippen LogP contribution in [0.25, 0.3) is 0 Å². The summed E-state index contributed by atoms with van der Waals surface area (Å²) in [5, 5.41) is 28.8. The topological polar surface area (TPSA) is 306 Å². The lowest BCUT2D eigenvalue weighted by Crippen LogP contribution is -2.31. The number of carbonyl (C=O) groups excluding carboxylic acids is 3. The first kappa shape index (κ1) is 47.0. The number of aliphatic carboxylic acids is 3. The zero-order chi connectivity index (χ0) is 27.4. The summed E-state index contributed by atoms with van der Waals surface area (Å²) in [5.41, 5.74) is 10.00. The van der Waals surface area contributed by atoms with Gasteiger partial charge in [0.05, 0.1) is 12.4 Å². The van der Waals surface area contributed by atoms with Crippen LogP contribution in [-0.4, -0.2) is 93.7 Å². The van der Waals surface area contributed by atoms with Gasteiger partial charge in [-0.2, -0.15) is 0 Å². The number of carboxylic acids is 3. The lowest BCUT2D eigenvalue weighted by atomic mass is 10.3. The van der Waals surface area contributed by atoms with Crippen molar-refractivity contribution in [2.24, 2.45) is 11.5 Å². The fourth-order valence-electron chi connectivity index (χ4n) is 1.31. The molecule has 0 bridgehead atoms. The van der Waals surface area contributed by atoms with Crippen molar-refractivity contribution < 1.29 is 49.6 Å². The Kier molecular flexibility index (Phi) is 48.7. The van der Waals surface area contributed by atoms with Crippen molar-refractivity contribution in [3.63, 3.8) is 0 Å². The third-order valence-electron chi connectivity index (χ3n) is 2.79. The van der Waals surface area contributed by atoms with E-state index in [1.54, 1.807) is 0 Å². The van der Waals surface area contributed by atoms with Gasteiger partial charge in [0.1, 0.15) is 5.88 Å². The second kappa shape index (κ2) is 37.3. The lowest BCUT2D eigenvalue weighted by Gasteiger charge is -1.99. The van der Waals surface area contributed by atoms with Gasteiger partial charge >= 0.3 is 17.9 Å². The van der Waals surface area contributed by atoms with Crippen LogP contribution < -0.4 is 28.3 Å². The highest BCUT2D eigenvalue weighted by atomic mass is 35.5. The van der Waals surface area contributed by atoms with E-state index in [1.165, 1.54) is 0 Å². The van der Waals surface area contributed by atoms with E-state index in [0.717, 1.165) is 0 Å². The molecule has 15 nitrogen and oxygen atoms in total. The molecule has 0 aromatic carbocycles. The molecule has 0 atom stereocenters. The van der Waals surface area contributed by atoms with E-state index in [9.17, 15) is 28.8 Å². The zero-order valence-electron chi connectivity index (χ0n) is 19.8. The molecule has 0 aliphatic rings. The minimum Gasteiger partial charge on any atom is -0.481 e. The van der Waals surface area contributed by atoms with Gasteiger partial charge in [-0.05, 0) is 37.4 Å². The van der Waals surface area contributed by atoms with Crippen LogP contribution in [0.5, 0.6) is 0 Å². The van der Waals surface area contributed by atoms with Crippen LogP contribution in [0.15, 0.2) is 0 Å². The number of hydrogen-bond acceptors (Lipinski definition) is 9. The first-order valence-electron chi connectivity index (χ1n) is 9.76. The van der Waals surface area contributed by atoms with Gasteiger partial charge in [-0.15, -0.1) is 23.2 Å². The maximum atomic E-state index is 10.5. The summed E-state index contributed by atoms with van der Waals surface area (Å²) in [7, 11) is 0. The van der Waals surface area contributed by atoms with Crippen molar-refractivity contribution in [1.82, 2.24) is 16.8 Å². The highest BCUT2D eigenvalue weighted by Gasteiger charge is 1.99. The average Bonchev–Trinajstić information content (AvgIpc) is 2.78. The van der Waals surface area contributed by atoms with Gasteiger partial charge in [-0.1, -0.05) is 0 Å². The molecule has 2 amide bonds. The highest BCUT2D eigenvalue weighted by Crippen LogP contribution is 1.86. The number of amides is 2. The molecule has 0 radical (unpaired) electrons. The maximum absolute atomic E-state index is 10.5. The third kappa shape index (κ3) is 63.5. The normalized spacial score (nSPS) is 8.36. The Hall–Kier alpha value is -2.27. The molecule has 216 valence electrons. The standard InChI is InChI=1S/C6H10ClNO3.C6H12N2O3.C4H9NO2.C2H2Cl2O.H3N.H2O/c2*7-4-5(9)8-3-1-2-6(10)11;5-3-1-2-4(6)7;3-1-2(4)5;;/h1-4H2,(H,8,9)(H,10,11);1-4,7H2,(H,8,9)(H,10,11);1-3,5H2,(H,6,7);1H2;1H3;1H2. The SMILES string of the molecule is N.NCC(=O)NCCCC(=O)O.NCCCC(=O)O.O.O=C(Cl)CCl.O=C(O)CCCNC(=O)CCl. The molecule has 0 saturated carbocycles. The fourth-order valence-corrected chi connectivity index (χ4v) is 1.40. The molecule has 0 aromatic rings. The summed E-state index contributed by atoms with van der Waals surface area (Å²) in [6.45, 7) is 1.17. The van der Waals surface area contributed by atoms with Crippen LogP contribution in [-0.2, 0) is 28.8 Å². The van der Waals surface area contributed by atoms with Crippen molar-refractivity contribution in [1.29, 1.82) is 0 Å². The molecule has 0 aromatic heterocycles. The maximum Gasteiger partial charge on any atom is 0.303 e. The zero-order valence-corrected chi connectivity index (χ0v) is 22.0. The molecule has 18 heteroatoms. The summed E-state index contributed by atoms with van der Waals surface area (Å²) < 4.78 is 0. The molecule has 14 N–H and O–H groups in total. The van der Waals surface area contributed by atoms with Crippen molar-refractivity contribution >= 4 is 69.8 Å². The van der Waals surface area contributed by atoms with E-state index in [2.05, 4.69) is 10.6 Å². The third-order valence-corrected chi connectivity index (χ3v) is 3.54. The molecule has 0 aliphatic carbocycles. The number of carboxylic acid groups (broad SMARTS) is 3. The van der Waals surface area contributed by atoms with Gasteiger partial charge in [-0.3, -0.25) is 28.8 Å². The molecule has 0 spiro atoms. The Morgan fingerprint density at radius 2 is 1.00 bits per heavy atom. The minimum atomic E-state index is -0.856. The Bertz CT molecular complexity index is 568. The summed E-state index contributed by atoms with van der Waals surface area (Å²) in [6.07, 6.45) is 1.80. The predicted molar refractivity (Wildman–Crippen MR) is 136 cm³/mol. The van der Waals surface area contributed by atoms with E-state index in [1.807, 2.05) is 0 Å². The van der Waals surface area contributed by atoms with Crippen LogP contribution in [0.1, 0.15) is 38.5 Å². The van der Waals surface area contributed by atoms with Gasteiger partial charge < -0.3 is 49.0 Å². The smallest absolute Gasteiger partial charge is 0.303 e. The van der Waals surface area contributed by atoms with Crippen LogP contribution in [0, 0.1) is 0 Å². The van der Waals surface area contributed by atoms with Crippen LogP contribution in [0.2, 0.25) is 0 Å². The van der Waals surface area contributed by atoms with E-state index in [-0.39, 0.29) is 61.0 Å². The number of alkyl halides is 2. The van der Waals surface area contributed by atoms with Crippen molar-refractivity contribution in [3.05, 3.63) is 0 Å². The molecule has 0 fully saturated rings. The van der Waals surface area contributed by atoms with Crippen molar-refractivity contribution in [2.45, 2.75) is 38.5 Å². The summed E-state index contributed by atoms with van der Waals surface area (Å²) in [5.74, 6) is -3.18. The molecule has 0 aliphatic heterocycles. The Labute approximate surface area is 224 Å². The van der Waals surface area contributed by atoms with Crippen molar-refractivity contribution in [3.8, 4) is 0 Å². The van der Waals surface area contributed by atoms with Gasteiger partial charge in [0.25, 0.3) is 0 Å². The number of halogens is 3. The summed E-state index contributed by atoms with van der Waals surface area (Å²) in [4.78, 5) is 60.0. The Morgan fingerprint density at radius 1 is 0.667 bits per heavy atom. The van der Waals surface area contributed by atoms with E-state index < -0.39 is 23.2 Å². The lowest BCUT2D eigenvalue weighted by molar-refractivity contribution is -0.138. The van der Waals surface area contributed by atoms with Crippen LogP contribution >= 0.6 is 34.8 Å². The Morgan fingerprint density at radius 3 is 1.22 bits per heavy atom. The fraction of sp³-hybridized carbons (Fsp3) is 0.667. The molecule has 0 heterocycles. The first-order valence-corrected chi connectivity index (χ1v) is 11.2. The number of hydrogen-bond donors (Lipinski definition) is 8.